The van der Waals surface area contributed by atoms with Crippen LogP contribution in [0.2, 0.25) is 0 Å². The standard InChI is InChI=1S/C22H25N3O3S/c26-21(24-23-18-12-11-15-5-1-2-6-17(15)13-18)14-25-19-9-3-7-16-8-4-10-20(22(16)19)29(25,27)28/h3-4,7-10,15,17H,1-2,5-6,11-14H2,(H,24,26)/b23-18-/t15-,17-/m1/s1. The molecule has 0 radical (unpaired) electrons. The Kier molecular flexibility index (Phi) is 4.57. The van der Waals surface area contributed by atoms with Crippen molar-refractivity contribution in [3.63, 3.8) is 0 Å². The third-order valence-electron chi connectivity index (χ3n) is 6.68. The van der Waals surface area contributed by atoms with Crippen molar-refractivity contribution in [3.8, 4) is 0 Å². The van der Waals surface area contributed by atoms with Crippen molar-refractivity contribution in [3.05, 3.63) is 36.4 Å². The van der Waals surface area contributed by atoms with Gasteiger partial charge in [-0.15, -0.1) is 0 Å². The van der Waals surface area contributed by atoms with Gasteiger partial charge in [-0.2, -0.15) is 5.10 Å². The van der Waals surface area contributed by atoms with E-state index in [9.17, 15) is 13.2 Å². The van der Waals surface area contributed by atoms with Crippen molar-refractivity contribution in [2.24, 2.45) is 16.9 Å². The minimum absolute atomic E-state index is 0.264. The van der Waals surface area contributed by atoms with E-state index in [-0.39, 0.29) is 11.4 Å². The number of fused-ring (bicyclic) bond motifs is 1. The maximum atomic E-state index is 13.0. The Morgan fingerprint density at radius 1 is 1.07 bits per heavy atom. The number of rotatable bonds is 3. The predicted molar refractivity (Wildman–Crippen MR) is 113 cm³/mol. The third kappa shape index (κ3) is 3.21. The van der Waals surface area contributed by atoms with E-state index in [0.717, 1.165) is 36.3 Å². The van der Waals surface area contributed by atoms with Crippen molar-refractivity contribution in [2.45, 2.75) is 49.8 Å². The quantitative estimate of drug-likeness (QED) is 0.780. The number of hydrazone groups is 1. The second kappa shape index (κ2) is 7.13. The zero-order valence-electron chi connectivity index (χ0n) is 16.3. The van der Waals surface area contributed by atoms with Crippen LogP contribution in [0.25, 0.3) is 10.8 Å². The molecule has 0 bridgehead atoms. The molecule has 0 aromatic heterocycles. The number of benzene rings is 2. The number of carbonyl (C=O) groups excluding carboxylic acids is 1. The van der Waals surface area contributed by atoms with Crippen LogP contribution in [0.1, 0.15) is 44.9 Å². The second-order valence-corrected chi connectivity index (χ2v) is 10.2. The van der Waals surface area contributed by atoms with Gasteiger partial charge in [0.1, 0.15) is 6.54 Å². The summed E-state index contributed by atoms with van der Waals surface area (Å²) in [6.07, 6.45) is 8.24. The highest BCUT2D eigenvalue weighted by atomic mass is 32.2. The molecule has 2 aromatic rings. The van der Waals surface area contributed by atoms with Crippen molar-refractivity contribution in [1.82, 2.24) is 5.43 Å². The van der Waals surface area contributed by atoms with Crippen LogP contribution in [-0.2, 0) is 14.8 Å². The molecular formula is C22H25N3O3S. The number of carbonyl (C=O) groups is 1. The highest BCUT2D eigenvalue weighted by Gasteiger charge is 2.36. The van der Waals surface area contributed by atoms with Crippen LogP contribution in [0.4, 0.5) is 5.69 Å². The monoisotopic (exact) mass is 411 g/mol. The zero-order valence-corrected chi connectivity index (χ0v) is 17.1. The summed E-state index contributed by atoms with van der Waals surface area (Å²) >= 11 is 0. The molecular weight excluding hydrogens is 386 g/mol. The first-order chi connectivity index (χ1) is 14.0. The summed E-state index contributed by atoms with van der Waals surface area (Å²) in [7, 11) is -3.73. The van der Waals surface area contributed by atoms with E-state index in [4.69, 9.17) is 0 Å². The van der Waals surface area contributed by atoms with Gasteiger partial charge in [0.05, 0.1) is 10.6 Å². The molecule has 0 spiro atoms. The van der Waals surface area contributed by atoms with E-state index < -0.39 is 15.9 Å². The van der Waals surface area contributed by atoms with Gasteiger partial charge in [-0.05, 0) is 55.0 Å². The van der Waals surface area contributed by atoms with Crippen LogP contribution < -0.4 is 9.73 Å². The Morgan fingerprint density at radius 2 is 1.83 bits per heavy atom. The Hall–Kier alpha value is -2.41. The number of hydrogen-bond donors (Lipinski definition) is 1. The molecule has 2 saturated carbocycles. The van der Waals surface area contributed by atoms with Gasteiger partial charge in [-0.3, -0.25) is 9.10 Å². The highest BCUT2D eigenvalue weighted by molar-refractivity contribution is 7.93. The van der Waals surface area contributed by atoms with Gasteiger partial charge < -0.3 is 0 Å². The minimum atomic E-state index is -3.73. The topological polar surface area (TPSA) is 78.8 Å². The normalized spacial score (nSPS) is 26.5. The lowest BCUT2D eigenvalue weighted by Crippen LogP contribution is -2.38. The van der Waals surface area contributed by atoms with Crippen molar-refractivity contribution in [2.75, 3.05) is 10.8 Å². The summed E-state index contributed by atoms with van der Waals surface area (Å²) in [5.41, 5.74) is 4.21. The van der Waals surface area contributed by atoms with Gasteiger partial charge in [0, 0.05) is 11.1 Å². The van der Waals surface area contributed by atoms with E-state index >= 15 is 0 Å². The lowest BCUT2D eigenvalue weighted by Gasteiger charge is -2.35. The molecule has 7 heteroatoms. The molecule has 29 heavy (non-hydrogen) atoms. The predicted octanol–water partition coefficient (Wildman–Crippen LogP) is 3.81. The van der Waals surface area contributed by atoms with Crippen LogP contribution in [0.15, 0.2) is 46.4 Å². The van der Waals surface area contributed by atoms with E-state index in [2.05, 4.69) is 10.5 Å². The number of amides is 1. The van der Waals surface area contributed by atoms with Gasteiger partial charge in [0.25, 0.3) is 15.9 Å². The lowest BCUT2D eigenvalue weighted by atomic mass is 9.70. The SMILES string of the molecule is O=C(CN1c2cccc3cccc(c23)S1(=O)=O)N/N=C1/CC[C@H]2CCCC[C@@H]2C1. The first-order valence-corrected chi connectivity index (χ1v) is 11.9. The highest BCUT2D eigenvalue weighted by Crippen LogP contribution is 2.42. The molecule has 3 aliphatic rings. The van der Waals surface area contributed by atoms with Crippen LogP contribution in [0.5, 0.6) is 0 Å². The number of hydrogen-bond acceptors (Lipinski definition) is 4. The summed E-state index contributed by atoms with van der Waals surface area (Å²) in [5, 5.41) is 5.90. The number of anilines is 1. The van der Waals surface area contributed by atoms with Crippen LogP contribution in [0.3, 0.4) is 0 Å². The van der Waals surface area contributed by atoms with Gasteiger partial charge in [-0.1, -0.05) is 43.5 Å². The first-order valence-electron chi connectivity index (χ1n) is 10.4. The average molecular weight is 412 g/mol. The molecule has 2 fully saturated rings. The van der Waals surface area contributed by atoms with E-state index in [1.165, 1.54) is 30.0 Å². The molecule has 1 N–H and O–H groups in total. The summed E-state index contributed by atoms with van der Waals surface area (Å²) in [6.45, 7) is -0.265. The Morgan fingerprint density at radius 3 is 2.66 bits per heavy atom. The Balaban J connectivity index is 1.31. The van der Waals surface area contributed by atoms with Gasteiger partial charge in [-0.25, -0.2) is 13.8 Å². The largest absolute Gasteiger partial charge is 0.271 e. The fourth-order valence-corrected chi connectivity index (χ4v) is 6.89. The molecule has 1 aliphatic heterocycles. The zero-order chi connectivity index (χ0) is 20.0. The fourth-order valence-electron chi connectivity index (χ4n) is 5.23. The van der Waals surface area contributed by atoms with Crippen molar-refractivity contribution < 1.29 is 13.2 Å². The second-order valence-electron chi connectivity index (χ2n) is 8.40. The minimum Gasteiger partial charge on any atom is -0.271 e. The summed E-state index contributed by atoms with van der Waals surface area (Å²) in [5.74, 6) is 1.10. The molecule has 1 amide bonds. The third-order valence-corrected chi connectivity index (χ3v) is 8.48. The maximum Gasteiger partial charge on any atom is 0.265 e. The van der Waals surface area contributed by atoms with Crippen LogP contribution in [-0.4, -0.2) is 26.6 Å². The summed E-state index contributed by atoms with van der Waals surface area (Å²) in [4.78, 5) is 12.8. The molecule has 5 rings (SSSR count). The molecule has 152 valence electrons. The molecule has 2 aromatic carbocycles. The Bertz CT molecular complexity index is 1100. The van der Waals surface area contributed by atoms with Gasteiger partial charge >= 0.3 is 0 Å². The van der Waals surface area contributed by atoms with E-state index in [0.29, 0.717) is 17.0 Å². The summed E-state index contributed by atoms with van der Waals surface area (Å²) in [6, 6.07) is 10.7. The van der Waals surface area contributed by atoms with E-state index in [1.807, 2.05) is 18.2 Å². The van der Waals surface area contributed by atoms with Crippen molar-refractivity contribution in [1.29, 1.82) is 0 Å². The number of nitrogens with one attached hydrogen (secondary N) is 1. The van der Waals surface area contributed by atoms with Crippen LogP contribution in [0, 0.1) is 11.8 Å². The molecule has 0 unspecified atom stereocenters. The van der Waals surface area contributed by atoms with Crippen molar-refractivity contribution >= 4 is 38.1 Å². The van der Waals surface area contributed by atoms with Gasteiger partial charge in [0.15, 0.2) is 0 Å². The molecule has 1 heterocycles. The number of nitrogens with zero attached hydrogens (tertiary/aromatic N) is 2. The molecule has 2 atom stereocenters. The summed E-state index contributed by atoms with van der Waals surface area (Å²) < 4.78 is 27.1. The smallest absolute Gasteiger partial charge is 0.265 e. The Labute approximate surface area is 171 Å². The molecule has 2 aliphatic carbocycles. The van der Waals surface area contributed by atoms with Gasteiger partial charge in [0.2, 0.25) is 0 Å². The average Bonchev–Trinajstić information content (AvgIpc) is 2.95. The fraction of sp³-hybridized carbons (Fsp3) is 0.455. The maximum absolute atomic E-state index is 13.0. The van der Waals surface area contributed by atoms with E-state index in [1.54, 1.807) is 18.2 Å². The number of sulfonamides is 1. The first kappa shape index (κ1) is 18.6. The lowest BCUT2D eigenvalue weighted by molar-refractivity contribution is -0.119. The molecule has 0 saturated heterocycles. The van der Waals surface area contributed by atoms with Crippen LogP contribution >= 0.6 is 0 Å². The molecule has 6 nitrogen and oxygen atoms in total.